The van der Waals surface area contributed by atoms with Crippen molar-refractivity contribution in [1.29, 1.82) is 0 Å². The van der Waals surface area contributed by atoms with Crippen LogP contribution in [0, 0.1) is 5.92 Å². The zero-order valence-corrected chi connectivity index (χ0v) is 12.5. The average molecular weight is 285 g/mol. The standard InChI is InChI=1S/C13H19NO2S2/c1-4-18(15,16)12-7-5-11(6-8-12)9(2)10(3)13(14)17/h5-10H,4H2,1-3H3,(H2,14,17). The molecule has 100 valence electrons. The van der Waals surface area contributed by atoms with Crippen molar-refractivity contribution in [3.8, 4) is 0 Å². The van der Waals surface area contributed by atoms with Crippen LogP contribution in [-0.4, -0.2) is 19.2 Å². The zero-order valence-electron chi connectivity index (χ0n) is 10.9. The molecule has 0 bridgehead atoms. The molecule has 1 aromatic rings. The molecule has 0 amide bonds. The zero-order chi connectivity index (χ0) is 13.9. The molecule has 0 aliphatic rings. The van der Waals surface area contributed by atoms with Gasteiger partial charge in [-0.15, -0.1) is 0 Å². The maximum absolute atomic E-state index is 11.7. The van der Waals surface area contributed by atoms with E-state index >= 15 is 0 Å². The van der Waals surface area contributed by atoms with Gasteiger partial charge in [0.05, 0.1) is 15.6 Å². The van der Waals surface area contributed by atoms with E-state index in [1.165, 1.54) is 0 Å². The van der Waals surface area contributed by atoms with Crippen LogP contribution >= 0.6 is 12.2 Å². The lowest BCUT2D eigenvalue weighted by atomic mass is 9.89. The molecule has 2 N–H and O–H groups in total. The van der Waals surface area contributed by atoms with Crippen LogP contribution in [-0.2, 0) is 9.84 Å². The summed E-state index contributed by atoms with van der Waals surface area (Å²) in [6.45, 7) is 5.65. The fourth-order valence-electron chi connectivity index (χ4n) is 1.68. The van der Waals surface area contributed by atoms with Gasteiger partial charge >= 0.3 is 0 Å². The van der Waals surface area contributed by atoms with Crippen LogP contribution < -0.4 is 5.73 Å². The highest BCUT2D eigenvalue weighted by Crippen LogP contribution is 2.25. The molecule has 0 fully saturated rings. The highest BCUT2D eigenvalue weighted by molar-refractivity contribution is 7.91. The van der Waals surface area contributed by atoms with Gasteiger partial charge in [0.15, 0.2) is 9.84 Å². The number of benzene rings is 1. The summed E-state index contributed by atoms with van der Waals surface area (Å²) in [5, 5.41) is 0. The van der Waals surface area contributed by atoms with Crippen LogP contribution in [0.2, 0.25) is 0 Å². The van der Waals surface area contributed by atoms with Crippen molar-refractivity contribution in [1.82, 2.24) is 0 Å². The second kappa shape index (κ2) is 5.80. The summed E-state index contributed by atoms with van der Waals surface area (Å²) in [4.78, 5) is 0.844. The lowest BCUT2D eigenvalue weighted by molar-refractivity contribution is 0.596. The molecule has 2 unspecified atom stereocenters. The summed E-state index contributed by atoms with van der Waals surface area (Å²) in [5.74, 6) is 0.389. The molecule has 1 aromatic carbocycles. The first-order valence-electron chi connectivity index (χ1n) is 5.91. The minimum Gasteiger partial charge on any atom is -0.393 e. The summed E-state index contributed by atoms with van der Waals surface area (Å²) in [6, 6.07) is 6.97. The quantitative estimate of drug-likeness (QED) is 0.844. The van der Waals surface area contributed by atoms with Crippen LogP contribution in [0.25, 0.3) is 0 Å². The molecular weight excluding hydrogens is 266 g/mol. The predicted octanol–water partition coefficient (Wildman–Crippen LogP) is 2.51. The Morgan fingerprint density at radius 2 is 1.78 bits per heavy atom. The van der Waals surface area contributed by atoms with E-state index in [1.54, 1.807) is 19.1 Å². The van der Waals surface area contributed by atoms with E-state index in [2.05, 4.69) is 0 Å². The second-order valence-electron chi connectivity index (χ2n) is 4.45. The number of sulfone groups is 1. The van der Waals surface area contributed by atoms with Crippen LogP contribution in [0.1, 0.15) is 32.3 Å². The molecule has 5 heteroatoms. The predicted molar refractivity (Wildman–Crippen MR) is 78.5 cm³/mol. The average Bonchev–Trinajstić information content (AvgIpc) is 2.37. The van der Waals surface area contributed by atoms with Crippen molar-refractivity contribution in [2.24, 2.45) is 11.7 Å². The van der Waals surface area contributed by atoms with Gasteiger partial charge in [-0.25, -0.2) is 8.42 Å². The third-order valence-corrected chi connectivity index (χ3v) is 5.47. The number of nitrogens with two attached hydrogens (primary N) is 1. The largest absolute Gasteiger partial charge is 0.393 e. The SMILES string of the molecule is CCS(=O)(=O)c1ccc(C(C)C(C)C(N)=S)cc1. The van der Waals surface area contributed by atoms with Gasteiger partial charge in [0.1, 0.15) is 0 Å². The molecule has 3 nitrogen and oxygen atoms in total. The molecule has 2 atom stereocenters. The third-order valence-electron chi connectivity index (χ3n) is 3.34. The Balaban J connectivity index is 3.00. The van der Waals surface area contributed by atoms with Gasteiger partial charge in [0.25, 0.3) is 0 Å². The fraction of sp³-hybridized carbons (Fsp3) is 0.462. The van der Waals surface area contributed by atoms with Gasteiger partial charge in [-0.05, 0) is 23.6 Å². The Labute approximate surface area is 114 Å². The van der Waals surface area contributed by atoms with E-state index in [9.17, 15) is 8.42 Å². The summed E-state index contributed by atoms with van der Waals surface area (Å²) < 4.78 is 23.4. The van der Waals surface area contributed by atoms with Crippen LogP contribution in [0.5, 0.6) is 0 Å². The third kappa shape index (κ3) is 3.29. The van der Waals surface area contributed by atoms with Gasteiger partial charge in [0.2, 0.25) is 0 Å². The molecule has 0 aromatic heterocycles. The van der Waals surface area contributed by atoms with Gasteiger partial charge < -0.3 is 5.73 Å². The van der Waals surface area contributed by atoms with E-state index < -0.39 is 9.84 Å². The van der Waals surface area contributed by atoms with Crippen molar-refractivity contribution < 1.29 is 8.42 Å². The smallest absolute Gasteiger partial charge is 0.178 e. The van der Waals surface area contributed by atoms with Crippen molar-refractivity contribution in [3.63, 3.8) is 0 Å². The summed E-state index contributed by atoms with van der Waals surface area (Å²) in [7, 11) is -3.13. The molecule has 0 saturated carbocycles. The Morgan fingerprint density at radius 3 is 2.17 bits per heavy atom. The summed E-state index contributed by atoms with van der Waals surface area (Å²) >= 11 is 4.98. The van der Waals surface area contributed by atoms with Crippen LogP contribution in [0.4, 0.5) is 0 Å². The summed E-state index contributed by atoms with van der Waals surface area (Å²) in [5.41, 5.74) is 6.68. The molecule has 0 spiro atoms. The number of hydrogen-bond donors (Lipinski definition) is 1. The Kier molecular flexibility index (Phi) is 4.87. The number of thiocarbonyl (C=S) groups is 1. The molecule has 0 heterocycles. The molecular formula is C13H19NO2S2. The van der Waals surface area contributed by atoms with Crippen molar-refractivity contribution in [2.75, 3.05) is 5.75 Å². The van der Waals surface area contributed by atoms with E-state index in [1.807, 2.05) is 26.0 Å². The Morgan fingerprint density at radius 1 is 1.28 bits per heavy atom. The fourth-order valence-corrected chi connectivity index (χ4v) is 2.77. The minimum absolute atomic E-state index is 0.0913. The van der Waals surface area contributed by atoms with Gasteiger partial charge in [-0.3, -0.25) is 0 Å². The number of rotatable bonds is 5. The molecule has 0 aliphatic carbocycles. The van der Waals surface area contributed by atoms with Crippen molar-refractivity contribution >= 4 is 27.0 Å². The van der Waals surface area contributed by atoms with Crippen molar-refractivity contribution in [3.05, 3.63) is 29.8 Å². The Bertz CT molecular complexity index is 520. The van der Waals surface area contributed by atoms with E-state index in [0.29, 0.717) is 9.88 Å². The summed E-state index contributed by atoms with van der Waals surface area (Å²) in [6.07, 6.45) is 0. The van der Waals surface area contributed by atoms with Gasteiger partial charge in [0, 0.05) is 5.92 Å². The second-order valence-corrected chi connectivity index (χ2v) is 7.20. The van der Waals surface area contributed by atoms with Gasteiger partial charge in [-0.1, -0.05) is 45.1 Å². The van der Waals surface area contributed by atoms with E-state index in [-0.39, 0.29) is 17.6 Å². The molecule has 1 rings (SSSR count). The maximum Gasteiger partial charge on any atom is 0.178 e. The minimum atomic E-state index is -3.13. The van der Waals surface area contributed by atoms with Crippen LogP contribution in [0.3, 0.4) is 0 Å². The van der Waals surface area contributed by atoms with E-state index in [0.717, 1.165) is 5.56 Å². The highest BCUT2D eigenvalue weighted by atomic mass is 32.2. The molecule has 0 saturated heterocycles. The highest BCUT2D eigenvalue weighted by Gasteiger charge is 2.18. The normalized spacial score (nSPS) is 15.1. The van der Waals surface area contributed by atoms with Gasteiger partial charge in [-0.2, -0.15) is 0 Å². The first-order chi connectivity index (χ1) is 8.29. The molecule has 0 aliphatic heterocycles. The van der Waals surface area contributed by atoms with E-state index in [4.69, 9.17) is 18.0 Å². The first-order valence-corrected chi connectivity index (χ1v) is 7.97. The maximum atomic E-state index is 11.7. The topological polar surface area (TPSA) is 60.2 Å². The lowest BCUT2D eigenvalue weighted by Crippen LogP contribution is -2.23. The molecule has 0 radical (unpaired) electrons. The monoisotopic (exact) mass is 285 g/mol. The van der Waals surface area contributed by atoms with Crippen molar-refractivity contribution in [2.45, 2.75) is 31.6 Å². The number of hydrogen-bond acceptors (Lipinski definition) is 3. The lowest BCUT2D eigenvalue weighted by Gasteiger charge is -2.19. The Hall–Kier alpha value is -0.940. The molecule has 18 heavy (non-hydrogen) atoms. The first kappa shape index (κ1) is 15.1. The van der Waals surface area contributed by atoms with Crippen LogP contribution in [0.15, 0.2) is 29.2 Å².